The third-order valence-corrected chi connectivity index (χ3v) is 8.48. The zero-order valence-electron chi connectivity index (χ0n) is 20.6. The van der Waals surface area contributed by atoms with Crippen LogP contribution in [0.2, 0.25) is 0 Å². The highest BCUT2D eigenvalue weighted by Crippen LogP contribution is 2.45. The van der Waals surface area contributed by atoms with Crippen molar-refractivity contribution in [1.82, 2.24) is 4.90 Å². The molecule has 2 fully saturated rings. The first kappa shape index (κ1) is 22.4. The number of amides is 1. The fourth-order valence-electron chi connectivity index (χ4n) is 6.79. The van der Waals surface area contributed by atoms with Crippen LogP contribution in [0.5, 0.6) is 11.5 Å². The summed E-state index contributed by atoms with van der Waals surface area (Å²) in [5, 5.41) is 0. The highest BCUT2D eigenvalue weighted by molar-refractivity contribution is 5.98. The first-order valence-electron chi connectivity index (χ1n) is 13.2. The Morgan fingerprint density at radius 2 is 1.43 bits per heavy atom. The van der Waals surface area contributed by atoms with Crippen LogP contribution < -0.4 is 9.47 Å². The standard InChI is InChI=1S/C31H29NO5/c33-30(19-9-12-28-29(17-19)36-14-13-35-28)20-15-21-10-11-22(16-20)32(21)31(34)37-18-27-25-7-3-1-5-23(25)24-6-2-4-8-26(24)27/h1-9,12,17,20-22,27H,10-11,13-16,18H2. The van der Waals surface area contributed by atoms with Crippen LogP contribution in [0.1, 0.15) is 53.1 Å². The monoisotopic (exact) mass is 495 g/mol. The lowest BCUT2D eigenvalue weighted by molar-refractivity contribution is 0.0505. The Morgan fingerprint density at radius 3 is 2.11 bits per heavy atom. The van der Waals surface area contributed by atoms with Gasteiger partial charge in [0.1, 0.15) is 19.8 Å². The molecule has 7 rings (SSSR count). The molecule has 4 aliphatic rings. The lowest BCUT2D eigenvalue weighted by Gasteiger charge is -2.37. The lowest BCUT2D eigenvalue weighted by atomic mass is 9.85. The molecule has 3 heterocycles. The molecule has 0 N–H and O–H groups in total. The first-order chi connectivity index (χ1) is 18.2. The number of ether oxygens (including phenoxy) is 3. The SMILES string of the molecule is O=C(c1ccc2c(c1)OCCO2)C1CC2CCC(C1)N2C(=O)OCC1c2ccccc2-c2ccccc21. The van der Waals surface area contributed by atoms with Gasteiger partial charge in [-0.15, -0.1) is 0 Å². The molecule has 3 aromatic rings. The molecule has 0 saturated carbocycles. The molecule has 2 unspecified atom stereocenters. The predicted molar refractivity (Wildman–Crippen MR) is 138 cm³/mol. The van der Waals surface area contributed by atoms with Crippen LogP contribution in [0.4, 0.5) is 4.79 Å². The van der Waals surface area contributed by atoms with Gasteiger partial charge < -0.3 is 19.1 Å². The van der Waals surface area contributed by atoms with Gasteiger partial charge in [-0.25, -0.2) is 4.79 Å². The molecule has 0 spiro atoms. The number of rotatable bonds is 4. The summed E-state index contributed by atoms with van der Waals surface area (Å²) in [6.45, 7) is 1.34. The Bertz CT molecular complexity index is 1320. The number of carbonyl (C=O) groups is 2. The summed E-state index contributed by atoms with van der Waals surface area (Å²) in [6, 6.07) is 22.3. The second-order valence-corrected chi connectivity index (χ2v) is 10.5. The number of hydrogen-bond acceptors (Lipinski definition) is 5. The van der Waals surface area contributed by atoms with E-state index < -0.39 is 0 Å². The van der Waals surface area contributed by atoms with Gasteiger partial charge in [-0.05, 0) is 66.1 Å². The summed E-state index contributed by atoms with van der Waals surface area (Å²) in [5.74, 6) is 1.39. The molecule has 3 aromatic carbocycles. The van der Waals surface area contributed by atoms with Crippen molar-refractivity contribution < 1.29 is 23.8 Å². The summed E-state index contributed by atoms with van der Waals surface area (Å²) in [7, 11) is 0. The number of piperidine rings is 1. The molecular formula is C31H29NO5. The van der Waals surface area contributed by atoms with Gasteiger partial charge >= 0.3 is 6.09 Å². The van der Waals surface area contributed by atoms with Gasteiger partial charge in [-0.1, -0.05) is 48.5 Å². The summed E-state index contributed by atoms with van der Waals surface area (Å²) in [5.41, 5.74) is 5.52. The molecule has 6 heteroatoms. The van der Waals surface area contributed by atoms with Gasteiger partial charge in [0.15, 0.2) is 17.3 Å². The smallest absolute Gasteiger partial charge is 0.410 e. The molecule has 3 aliphatic heterocycles. The highest BCUT2D eigenvalue weighted by Gasteiger charge is 2.46. The minimum absolute atomic E-state index is 0.0422. The van der Waals surface area contributed by atoms with E-state index in [1.165, 1.54) is 22.3 Å². The van der Waals surface area contributed by atoms with Crippen molar-refractivity contribution in [2.45, 2.75) is 43.7 Å². The van der Waals surface area contributed by atoms with Crippen molar-refractivity contribution in [3.8, 4) is 22.6 Å². The van der Waals surface area contributed by atoms with Crippen LogP contribution in [-0.2, 0) is 4.74 Å². The summed E-state index contributed by atoms with van der Waals surface area (Å²) < 4.78 is 17.2. The van der Waals surface area contributed by atoms with Crippen molar-refractivity contribution in [2.75, 3.05) is 19.8 Å². The summed E-state index contributed by atoms with van der Waals surface area (Å²) in [6.07, 6.45) is 2.93. The summed E-state index contributed by atoms with van der Waals surface area (Å²) in [4.78, 5) is 28.6. The van der Waals surface area contributed by atoms with E-state index in [0.717, 1.165) is 12.8 Å². The second-order valence-electron chi connectivity index (χ2n) is 10.5. The van der Waals surface area contributed by atoms with Gasteiger partial charge in [0.2, 0.25) is 0 Å². The Kier molecular flexibility index (Phi) is 5.41. The minimum Gasteiger partial charge on any atom is -0.486 e. The molecule has 0 radical (unpaired) electrons. The molecule has 0 aromatic heterocycles. The van der Waals surface area contributed by atoms with Crippen LogP contribution in [0, 0.1) is 5.92 Å². The first-order valence-corrected chi connectivity index (χ1v) is 13.2. The van der Waals surface area contributed by atoms with E-state index in [-0.39, 0.29) is 35.8 Å². The number of hydrogen-bond donors (Lipinski definition) is 0. The van der Waals surface area contributed by atoms with Crippen molar-refractivity contribution in [3.63, 3.8) is 0 Å². The number of Topliss-reactive ketones (excluding diaryl/α,β-unsaturated/α-hetero) is 1. The van der Waals surface area contributed by atoms with E-state index in [9.17, 15) is 9.59 Å². The number of fused-ring (bicyclic) bond motifs is 6. The van der Waals surface area contributed by atoms with E-state index in [0.29, 0.717) is 49.7 Å². The topological polar surface area (TPSA) is 65.1 Å². The van der Waals surface area contributed by atoms with E-state index in [4.69, 9.17) is 14.2 Å². The predicted octanol–water partition coefficient (Wildman–Crippen LogP) is 5.83. The molecule has 37 heavy (non-hydrogen) atoms. The number of nitrogens with zero attached hydrogens (tertiary/aromatic N) is 1. The van der Waals surface area contributed by atoms with Gasteiger partial charge in [0.25, 0.3) is 0 Å². The van der Waals surface area contributed by atoms with E-state index in [1.807, 2.05) is 29.2 Å². The highest BCUT2D eigenvalue weighted by atomic mass is 16.6. The molecule has 1 aliphatic carbocycles. The van der Waals surface area contributed by atoms with Crippen LogP contribution in [0.15, 0.2) is 66.7 Å². The molecule has 6 nitrogen and oxygen atoms in total. The van der Waals surface area contributed by atoms with Crippen LogP contribution >= 0.6 is 0 Å². The van der Waals surface area contributed by atoms with E-state index in [1.54, 1.807) is 6.07 Å². The Hall–Kier alpha value is -3.80. The minimum atomic E-state index is -0.250. The maximum absolute atomic E-state index is 13.4. The third kappa shape index (κ3) is 3.78. The average Bonchev–Trinajstić information content (AvgIpc) is 3.41. The maximum Gasteiger partial charge on any atom is 0.410 e. The molecule has 188 valence electrons. The van der Waals surface area contributed by atoms with Crippen molar-refractivity contribution >= 4 is 11.9 Å². The Labute approximate surface area is 216 Å². The van der Waals surface area contributed by atoms with Crippen LogP contribution in [0.25, 0.3) is 11.1 Å². The molecule has 2 bridgehead atoms. The molecular weight excluding hydrogens is 466 g/mol. The molecule has 2 atom stereocenters. The number of ketones is 1. The van der Waals surface area contributed by atoms with Crippen molar-refractivity contribution in [3.05, 3.63) is 83.4 Å². The quantitative estimate of drug-likeness (QED) is 0.426. The largest absolute Gasteiger partial charge is 0.486 e. The Morgan fingerprint density at radius 1 is 0.811 bits per heavy atom. The zero-order chi connectivity index (χ0) is 24.9. The van der Waals surface area contributed by atoms with Gasteiger partial charge in [0, 0.05) is 29.5 Å². The van der Waals surface area contributed by atoms with Crippen molar-refractivity contribution in [2.24, 2.45) is 5.92 Å². The normalized spacial score (nSPS) is 23.4. The maximum atomic E-state index is 13.4. The number of carbonyl (C=O) groups excluding carboxylic acids is 2. The lowest BCUT2D eigenvalue weighted by Crippen LogP contribution is -2.48. The van der Waals surface area contributed by atoms with Crippen molar-refractivity contribution in [1.29, 1.82) is 0 Å². The average molecular weight is 496 g/mol. The van der Waals surface area contributed by atoms with E-state index in [2.05, 4.69) is 36.4 Å². The fourth-order valence-corrected chi connectivity index (χ4v) is 6.79. The summed E-state index contributed by atoms with van der Waals surface area (Å²) >= 11 is 0. The second kappa shape index (κ2) is 8.94. The zero-order valence-corrected chi connectivity index (χ0v) is 20.6. The molecule has 2 saturated heterocycles. The van der Waals surface area contributed by atoms with Gasteiger partial charge in [-0.2, -0.15) is 0 Å². The fraction of sp³-hybridized carbons (Fsp3) is 0.355. The molecule has 1 amide bonds. The number of benzene rings is 3. The van der Waals surface area contributed by atoms with Crippen LogP contribution in [-0.4, -0.2) is 48.7 Å². The Balaban J connectivity index is 1.03. The van der Waals surface area contributed by atoms with Gasteiger partial charge in [0.05, 0.1) is 0 Å². The van der Waals surface area contributed by atoms with E-state index >= 15 is 0 Å². The van der Waals surface area contributed by atoms with Crippen LogP contribution in [0.3, 0.4) is 0 Å². The third-order valence-electron chi connectivity index (χ3n) is 8.48. The van der Waals surface area contributed by atoms with Gasteiger partial charge in [-0.3, -0.25) is 4.79 Å².